The molecule has 0 amide bonds. The molecule has 0 spiro atoms. The van der Waals surface area contributed by atoms with Gasteiger partial charge in [0.2, 0.25) is 0 Å². The van der Waals surface area contributed by atoms with E-state index in [2.05, 4.69) is 108 Å². The van der Waals surface area contributed by atoms with E-state index in [0.717, 1.165) is 12.1 Å². The molecule has 1 fully saturated rings. The molecule has 1 radical (unpaired) electrons. The molecule has 2 nitrogen and oxygen atoms in total. The average molecular weight is 349 g/mol. The fourth-order valence-electron chi connectivity index (χ4n) is 4.01. The molecule has 131 valence electrons. The van der Waals surface area contributed by atoms with E-state index in [0.29, 0.717) is 5.92 Å². The first-order valence-electron chi connectivity index (χ1n) is 9.43. The minimum absolute atomic E-state index is 0.454. The van der Waals surface area contributed by atoms with Crippen molar-refractivity contribution in [3.8, 4) is 0 Å². The highest BCUT2D eigenvalue weighted by molar-refractivity contribution is 5.50. The van der Waals surface area contributed by atoms with Gasteiger partial charge < -0.3 is 4.57 Å². The van der Waals surface area contributed by atoms with Crippen LogP contribution in [0.15, 0.2) is 104 Å². The third kappa shape index (κ3) is 2.69. The predicted molar refractivity (Wildman–Crippen MR) is 108 cm³/mol. The van der Waals surface area contributed by atoms with Crippen molar-refractivity contribution in [2.75, 3.05) is 0 Å². The fourth-order valence-corrected chi connectivity index (χ4v) is 4.01. The minimum Gasteiger partial charge on any atom is -0.319 e. The number of benzene rings is 3. The zero-order valence-electron chi connectivity index (χ0n) is 15.1. The Kier molecular flexibility index (Phi) is 3.90. The Balaban J connectivity index is 1.84. The predicted octanol–water partition coefficient (Wildman–Crippen LogP) is 5.41. The van der Waals surface area contributed by atoms with Crippen molar-refractivity contribution in [3.05, 3.63) is 132 Å². The molecular weight excluding hydrogens is 328 g/mol. The highest BCUT2D eigenvalue weighted by Crippen LogP contribution is 2.43. The van der Waals surface area contributed by atoms with E-state index in [4.69, 9.17) is 4.98 Å². The van der Waals surface area contributed by atoms with Gasteiger partial charge in [-0.25, -0.2) is 4.98 Å². The van der Waals surface area contributed by atoms with Crippen LogP contribution in [0.2, 0.25) is 0 Å². The van der Waals surface area contributed by atoms with Crippen molar-refractivity contribution in [2.45, 2.75) is 17.9 Å². The van der Waals surface area contributed by atoms with Crippen molar-refractivity contribution in [3.63, 3.8) is 0 Å². The maximum atomic E-state index is 4.75. The SMILES string of the molecule is [CH]1CC1c1cn(C(c2ccccc2)(c2ccccc2)c2ccccc2)cn1. The third-order valence-electron chi connectivity index (χ3n) is 5.42. The Morgan fingerprint density at radius 1 is 0.704 bits per heavy atom. The monoisotopic (exact) mass is 349 g/mol. The number of aromatic nitrogens is 2. The molecule has 1 aliphatic carbocycles. The number of hydrogen-bond acceptors (Lipinski definition) is 1. The van der Waals surface area contributed by atoms with Gasteiger partial charge in [0.25, 0.3) is 0 Å². The maximum absolute atomic E-state index is 4.75. The minimum atomic E-state index is -0.454. The Morgan fingerprint density at radius 3 is 1.56 bits per heavy atom. The fraction of sp³-hybridized carbons (Fsp3) is 0.120. The highest BCUT2D eigenvalue weighted by Gasteiger charge is 2.39. The van der Waals surface area contributed by atoms with Crippen molar-refractivity contribution in [2.24, 2.45) is 0 Å². The van der Waals surface area contributed by atoms with E-state index in [-0.39, 0.29) is 0 Å². The van der Waals surface area contributed by atoms with E-state index in [1.54, 1.807) is 0 Å². The molecule has 1 heterocycles. The van der Waals surface area contributed by atoms with Crippen molar-refractivity contribution in [1.82, 2.24) is 9.55 Å². The van der Waals surface area contributed by atoms with E-state index >= 15 is 0 Å². The molecule has 0 aliphatic heterocycles. The van der Waals surface area contributed by atoms with Crippen LogP contribution in [0.25, 0.3) is 0 Å². The van der Waals surface area contributed by atoms with Crippen LogP contribution >= 0.6 is 0 Å². The summed E-state index contributed by atoms with van der Waals surface area (Å²) in [5, 5.41) is 0. The van der Waals surface area contributed by atoms with Crippen LogP contribution in [-0.4, -0.2) is 9.55 Å². The number of rotatable bonds is 5. The molecule has 0 bridgehead atoms. The normalized spacial score (nSPS) is 14.2. The molecule has 0 saturated heterocycles. The summed E-state index contributed by atoms with van der Waals surface area (Å²) in [6.07, 6.45) is 7.66. The largest absolute Gasteiger partial charge is 0.319 e. The van der Waals surface area contributed by atoms with Crippen LogP contribution in [0.1, 0.15) is 34.7 Å². The lowest BCUT2D eigenvalue weighted by Gasteiger charge is -2.37. The Morgan fingerprint density at radius 2 is 1.15 bits per heavy atom. The van der Waals surface area contributed by atoms with Crippen LogP contribution in [0.5, 0.6) is 0 Å². The second kappa shape index (κ2) is 6.55. The molecule has 27 heavy (non-hydrogen) atoms. The first-order chi connectivity index (χ1) is 13.4. The second-order valence-electron chi connectivity index (χ2n) is 7.09. The van der Waals surface area contributed by atoms with Gasteiger partial charge in [0.05, 0.1) is 12.0 Å². The van der Waals surface area contributed by atoms with E-state index < -0.39 is 5.54 Å². The second-order valence-corrected chi connectivity index (χ2v) is 7.09. The summed E-state index contributed by atoms with van der Waals surface area (Å²) in [5.41, 5.74) is 4.38. The smallest absolute Gasteiger partial charge is 0.121 e. The average Bonchev–Trinajstić information content (AvgIpc) is 3.49. The van der Waals surface area contributed by atoms with Gasteiger partial charge in [-0.15, -0.1) is 0 Å². The first kappa shape index (κ1) is 16.1. The molecule has 4 aromatic rings. The molecule has 2 heteroatoms. The quantitative estimate of drug-likeness (QED) is 0.440. The summed E-state index contributed by atoms with van der Waals surface area (Å²) in [4.78, 5) is 4.75. The van der Waals surface area contributed by atoms with Crippen LogP contribution in [-0.2, 0) is 5.54 Å². The summed E-state index contributed by atoms with van der Waals surface area (Å²) in [5.74, 6) is 0.506. The Labute approximate surface area is 160 Å². The highest BCUT2D eigenvalue weighted by atomic mass is 15.1. The van der Waals surface area contributed by atoms with Crippen LogP contribution in [0.3, 0.4) is 0 Å². The molecule has 1 aliphatic rings. The molecule has 1 saturated carbocycles. The maximum Gasteiger partial charge on any atom is 0.121 e. The lowest BCUT2D eigenvalue weighted by molar-refractivity contribution is 0.514. The number of imidazole rings is 1. The van der Waals surface area contributed by atoms with Gasteiger partial charge in [0.15, 0.2) is 0 Å². The first-order valence-corrected chi connectivity index (χ1v) is 9.43. The van der Waals surface area contributed by atoms with Gasteiger partial charge in [-0.2, -0.15) is 0 Å². The lowest BCUT2D eigenvalue weighted by Crippen LogP contribution is -2.36. The van der Waals surface area contributed by atoms with Gasteiger partial charge in [-0.3, -0.25) is 0 Å². The third-order valence-corrected chi connectivity index (χ3v) is 5.42. The summed E-state index contributed by atoms with van der Waals surface area (Å²) in [7, 11) is 0. The summed E-state index contributed by atoms with van der Waals surface area (Å²) < 4.78 is 2.29. The standard InChI is InChI=1S/C25H21N2/c1-4-10-21(11-5-1)25(22-12-6-2-7-13-22,23-14-8-3-9-15-23)27-18-24(26-19-27)20-16-17-20/h1-16,18-20H,17H2. The van der Waals surface area contributed by atoms with Crippen molar-refractivity contribution < 1.29 is 0 Å². The van der Waals surface area contributed by atoms with Gasteiger partial charge in [0, 0.05) is 12.1 Å². The van der Waals surface area contributed by atoms with E-state index in [9.17, 15) is 0 Å². The van der Waals surface area contributed by atoms with E-state index in [1.165, 1.54) is 16.7 Å². The van der Waals surface area contributed by atoms with Gasteiger partial charge in [-0.05, 0) is 29.5 Å². The van der Waals surface area contributed by atoms with Crippen LogP contribution < -0.4 is 0 Å². The zero-order valence-corrected chi connectivity index (χ0v) is 15.1. The zero-order chi connectivity index (χ0) is 18.1. The molecule has 0 N–H and O–H groups in total. The van der Waals surface area contributed by atoms with Crippen LogP contribution in [0, 0.1) is 6.42 Å². The van der Waals surface area contributed by atoms with Crippen molar-refractivity contribution >= 4 is 0 Å². The van der Waals surface area contributed by atoms with Gasteiger partial charge >= 0.3 is 0 Å². The Hall–Kier alpha value is -3.13. The van der Waals surface area contributed by atoms with Crippen LogP contribution in [0.4, 0.5) is 0 Å². The molecule has 1 unspecified atom stereocenters. The summed E-state index contributed by atoms with van der Waals surface area (Å²) >= 11 is 0. The van der Waals surface area contributed by atoms with E-state index in [1.807, 2.05) is 6.33 Å². The topological polar surface area (TPSA) is 17.8 Å². The lowest BCUT2D eigenvalue weighted by atomic mass is 9.77. The number of hydrogen-bond donors (Lipinski definition) is 0. The molecule has 3 aromatic carbocycles. The molecule has 1 atom stereocenters. The molecule has 5 rings (SSSR count). The summed E-state index contributed by atoms with van der Waals surface area (Å²) in [6, 6.07) is 32.2. The molecular formula is C25H21N2. The summed E-state index contributed by atoms with van der Waals surface area (Å²) in [6.45, 7) is 0. The Bertz CT molecular complexity index is 919. The number of nitrogens with zero attached hydrogens (tertiary/aromatic N) is 2. The van der Waals surface area contributed by atoms with Gasteiger partial charge in [0.1, 0.15) is 5.54 Å². The van der Waals surface area contributed by atoms with Crippen molar-refractivity contribution in [1.29, 1.82) is 0 Å². The molecule has 1 aromatic heterocycles. The van der Waals surface area contributed by atoms with Gasteiger partial charge in [-0.1, -0.05) is 91.0 Å².